The Balaban J connectivity index is 1.95. The van der Waals surface area contributed by atoms with E-state index in [1.54, 1.807) is 24.7 Å². The van der Waals surface area contributed by atoms with Crippen LogP contribution in [-0.2, 0) is 0 Å². The molecule has 0 aliphatic heterocycles. The lowest BCUT2D eigenvalue weighted by Crippen LogP contribution is -2.14. The Bertz CT molecular complexity index is 749. The highest BCUT2D eigenvalue weighted by molar-refractivity contribution is 6.10. The standard InChI is InChI=1S/C13H11N5O/c1-8-3-2-5-15-12(8)16-13(19)11-9-7-14-6-4-10(9)17-18-11/h2-7H,1H3,(H,17,18)(H,15,16,19). The molecule has 1 amide bonds. The van der Waals surface area contributed by atoms with Gasteiger partial charge >= 0.3 is 0 Å². The molecule has 0 aromatic carbocycles. The second-order valence-corrected chi connectivity index (χ2v) is 4.12. The molecule has 94 valence electrons. The summed E-state index contributed by atoms with van der Waals surface area (Å²) in [6.07, 6.45) is 4.89. The van der Waals surface area contributed by atoms with Gasteiger partial charge in [-0.2, -0.15) is 5.10 Å². The van der Waals surface area contributed by atoms with Crippen LogP contribution in [0.2, 0.25) is 0 Å². The predicted molar refractivity (Wildman–Crippen MR) is 70.8 cm³/mol. The smallest absolute Gasteiger partial charge is 0.278 e. The normalized spacial score (nSPS) is 10.6. The molecular formula is C13H11N5O. The third-order valence-corrected chi connectivity index (χ3v) is 2.82. The second kappa shape index (κ2) is 4.49. The third-order valence-electron chi connectivity index (χ3n) is 2.82. The van der Waals surface area contributed by atoms with Gasteiger partial charge in [0.2, 0.25) is 0 Å². The summed E-state index contributed by atoms with van der Waals surface area (Å²) < 4.78 is 0. The van der Waals surface area contributed by atoms with Gasteiger partial charge in [-0.05, 0) is 24.6 Å². The van der Waals surface area contributed by atoms with E-state index in [9.17, 15) is 4.79 Å². The number of fused-ring (bicyclic) bond motifs is 1. The Kier molecular flexibility index (Phi) is 2.68. The summed E-state index contributed by atoms with van der Waals surface area (Å²) in [5, 5.41) is 10.2. The number of H-pyrrole nitrogens is 1. The van der Waals surface area contributed by atoms with Crippen LogP contribution in [-0.4, -0.2) is 26.1 Å². The lowest BCUT2D eigenvalue weighted by molar-refractivity contribution is 0.102. The molecule has 6 nitrogen and oxygen atoms in total. The van der Waals surface area contributed by atoms with Crippen molar-refractivity contribution in [3.05, 3.63) is 48.0 Å². The van der Waals surface area contributed by atoms with Crippen LogP contribution in [0.15, 0.2) is 36.8 Å². The molecule has 6 heteroatoms. The summed E-state index contributed by atoms with van der Waals surface area (Å²) in [5.74, 6) is 0.230. The molecule has 3 rings (SSSR count). The van der Waals surface area contributed by atoms with Gasteiger partial charge in [0.15, 0.2) is 5.69 Å². The third kappa shape index (κ3) is 2.03. The van der Waals surface area contributed by atoms with Crippen molar-refractivity contribution < 1.29 is 4.79 Å². The fourth-order valence-electron chi connectivity index (χ4n) is 1.81. The first-order valence-electron chi connectivity index (χ1n) is 5.77. The number of aromatic nitrogens is 4. The lowest BCUT2D eigenvalue weighted by Gasteiger charge is -2.04. The van der Waals surface area contributed by atoms with E-state index < -0.39 is 0 Å². The predicted octanol–water partition coefficient (Wildman–Crippen LogP) is 1.91. The number of carbonyl (C=O) groups is 1. The molecule has 19 heavy (non-hydrogen) atoms. The van der Waals surface area contributed by atoms with Gasteiger partial charge in [0.05, 0.1) is 10.9 Å². The first-order valence-corrected chi connectivity index (χ1v) is 5.77. The van der Waals surface area contributed by atoms with E-state index in [1.165, 1.54) is 0 Å². The molecule has 0 fully saturated rings. The summed E-state index contributed by atoms with van der Waals surface area (Å²) in [6.45, 7) is 1.88. The van der Waals surface area contributed by atoms with Gasteiger partial charge in [0.1, 0.15) is 5.82 Å². The van der Waals surface area contributed by atoms with Crippen molar-refractivity contribution in [1.29, 1.82) is 0 Å². The van der Waals surface area contributed by atoms with Crippen LogP contribution in [0, 0.1) is 6.92 Å². The van der Waals surface area contributed by atoms with E-state index in [2.05, 4.69) is 25.5 Å². The fourth-order valence-corrected chi connectivity index (χ4v) is 1.81. The Morgan fingerprint density at radius 2 is 2.21 bits per heavy atom. The maximum Gasteiger partial charge on any atom is 0.278 e. The van der Waals surface area contributed by atoms with Crippen molar-refractivity contribution in [3.8, 4) is 0 Å². The van der Waals surface area contributed by atoms with Crippen LogP contribution < -0.4 is 5.32 Å². The van der Waals surface area contributed by atoms with Crippen LogP contribution in [0.5, 0.6) is 0 Å². The molecule has 0 bridgehead atoms. The quantitative estimate of drug-likeness (QED) is 0.730. The molecule has 0 aliphatic carbocycles. The number of hydrogen-bond acceptors (Lipinski definition) is 4. The van der Waals surface area contributed by atoms with Crippen molar-refractivity contribution in [2.24, 2.45) is 0 Å². The van der Waals surface area contributed by atoms with E-state index >= 15 is 0 Å². The molecule has 0 spiro atoms. The number of nitrogens with zero attached hydrogens (tertiary/aromatic N) is 3. The average Bonchev–Trinajstić information content (AvgIpc) is 2.85. The van der Waals surface area contributed by atoms with Crippen LogP contribution in [0.1, 0.15) is 16.1 Å². The van der Waals surface area contributed by atoms with Crippen LogP contribution in [0.3, 0.4) is 0 Å². The number of carbonyl (C=O) groups excluding carboxylic acids is 1. The van der Waals surface area contributed by atoms with E-state index in [4.69, 9.17) is 0 Å². The molecule has 2 N–H and O–H groups in total. The minimum atomic E-state index is -0.305. The van der Waals surface area contributed by atoms with Gasteiger partial charge in [-0.15, -0.1) is 0 Å². The first kappa shape index (κ1) is 11.3. The van der Waals surface area contributed by atoms with Crippen LogP contribution in [0.4, 0.5) is 5.82 Å². The molecule has 3 heterocycles. The number of aryl methyl sites for hydroxylation is 1. The molecule has 0 saturated carbocycles. The molecule has 3 aromatic heterocycles. The van der Waals surface area contributed by atoms with Gasteiger partial charge in [-0.1, -0.05) is 6.07 Å². The average molecular weight is 253 g/mol. The largest absolute Gasteiger partial charge is 0.305 e. The van der Waals surface area contributed by atoms with Crippen LogP contribution in [0.25, 0.3) is 10.9 Å². The maximum absolute atomic E-state index is 12.2. The molecule has 0 unspecified atom stereocenters. The zero-order valence-corrected chi connectivity index (χ0v) is 10.2. The van der Waals surface area contributed by atoms with Gasteiger partial charge in [0, 0.05) is 18.6 Å². The minimum Gasteiger partial charge on any atom is -0.305 e. The topological polar surface area (TPSA) is 83.6 Å². The zero-order valence-electron chi connectivity index (χ0n) is 10.2. The summed E-state index contributed by atoms with van der Waals surface area (Å²) in [7, 11) is 0. The van der Waals surface area contributed by atoms with E-state index in [0.717, 1.165) is 11.1 Å². The molecule has 3 aromatic rings. The SMILES string of the molecule is Cc1cccnc1NC(=O)c1n[nH]c2ccncc12. The fraction of sp³-hybridized carbons (Fsp3) is 0.0769. The monoisotopic (exact) mass is 253 g/mol. The number of pyridine rings is 2. The minimum absolute atomic E-state index is 0.305. The highest BCUT2D eigenvalue weighted by Crippen LogP contribution is 2.16. The molecule has 0 atom stereocenters. The zero-order chi connectivity index (χ0) is 13.2. The molecular weight excluding hydrogens is 242 g/mol. The van der Waals surface area contributed by atoms with Gasteiger partial charge in [0.25, 0.3) is 5.91 Å². The highest BCUT2D eigenvalue weighted by Gasteiger charge is 2.15. The van der Waals surface area contributed by atoms with Crippen molar-refractivity contribution in [1.82, 2.24) is 20.2 Å². The van der Waals surface area contributed by atoms with E-state index in [-0.39, 0.29) is 5.91 Å². The number of aromatic amines is 1. The van der Waals surface area contributed by atoms with Gasteiger partial charge in [-0.3, -0.25) is 14.9 Å². The Morgan fingerprint density at radius 3 is 3.05 bits per heavy atom. The number of amides is 1. The lowest BCUT2D eigenvalue weighted by atomic mass is 10.2. The van der Waals surface area contributed by atoms with Gasteiger partial charge in [-0.25, -0.2) is 4.98 Å². The Hall–Kier alpha value is -2.76. The number of hydrogen-bond donors (Lipinski definition) is 2. The summed E-state index contributed by atoms with van der Waals surface area (Å²) in [6, 6.07) is 5.47. The molecule has 0 aliphatic rings. The Labute approximate surface area is 108 Å². The summed E-state index contributed by atoms with van der Waals surface area (Å²) in [5.41, 5.74) is 1.99. The van der Waals surface area contributed by atoms with Crippen LogP contribution >= 0.6 is 0 Å². The second-order valence-electron chi connectivity index (χ2n) is 4.12. The van der Waals surface area contributed by atoms with Crippen molar-refractivity contribution in [2.75, 3.05) is 5.32 Å². The first-order chi connectivity index (χ1) is 9.25. The number of anilines is 1. The highest BCUT2D eigenvalue weighted by atomic mass is 16.2. The molecule has 0 radical (unpaired) electrons. The van der Waals surface area contributed by atoms with E-state index in [0.29, 0.717) is 16.9 Å². The molecule has 0 saturated heterocycles. The maximum atomic E-state index is 12.2. The van der Waals surface area contributed by atoms with Crippen molar-refractivity contribution in [2.45, 2.75) is 6.92 Å². The number of rotatable bonds is 2. The van der Waals surface area contributed by atoms with E-state index in [1.807, 2.05) is 19.1 Å². The van der Waals surface area contributed by atoms with Crippen molar-refractivity contribution >= 4 is 22.6 Å². The summed E-state index contributed by atoms with van der Waals surface area (Å²) in [4.78, 5) is 20.3. The summed E-state index contributed by atoms with van der Waals surface area (Å²) >= 11 is 0. The van der Waals surface area contributed by atoms with Gasteiger partial charge < -0.3 is 5.32 Å². The Morgan fingerprint density at radius 1 is 1.32 bits per heavy atom. The number of nitrogens with one attached hydrogen (secondary N) is 2. The van der Waals surface area contributed by atoms with Crippen molar-refractivity contribution in [3.63, 3.8) is 0 Å².